The lowest BCUT2D eigenvalue weighted by Gasteiger charge is -2.10. The number of carbonyl (C=O) groups is 1. The van der Waals surface area contributed by atoms with Crippen LogP contribution in [0.1, 0.15) is 79.1 Å². The largest absolute Gasteiger partial charge is 0.466 e. The minimum Gasteiger partial charge on any atom is -0.466 e. The van der Waals surface area contributed by atoms with Crippen molar-refractivity contribution >= 4 is 5.97 Å². The molecule has 1 N–H and O–H groups in total. The van der Waals surface area contributed by atoms with Crippen molar-refractivity contribution in [3.8, 4) is 0 Å². The molecule has 0 aromatic carbocycles. The molecule has 0 amide bonds. The Kier molecular flexibility index (Phi) is 20.9. The molecule has 0 heterocycles. The average Bonchev–Trinajstić information content (AvgIpc) is 3.05. The summed E-state index contributed by atoms with van der Waals surface area (Å²) in [5, 5.41) is 8.55. The van der Waals surface area contributed by atoms with Gasteiger partial charge in [0.1, 0.15) is 0 Å². The van der Waals surface area contributed by atoms with E-state index >= 15 is 0 Å². The van der Waals surface area contributed by atoms with Gasteiger partial charge in [0.05, 0.1) is 12.7 Å². The lowest BCUT2D eigenvalue weighted by Crippen LogP contribution is -2.11. The van der Waals surface area contributed by atoms with E-state index in [-0.39, 0.29) is 12.6 Å². The molecule has 0 aliphatic heterocycles. The van der Waals surface area contributed by atoms with Crippen LogP contribution in [0.2, 0.25) is 0 Å². The van der Waals surface area contributed by atoms with Crippen LogP contribution in [0.15, 0.2) is 0 Å². The molecule has 0 unspecified atom stereocenters. The zero-order chi connectivity index (χ0) is 16.3. The van der Waals surface area contributed by atoms with Crippen LogP contribution in [0.25, 0.3) is 0 Å². The maximum absolute atomic E-state index is 11.3. The topological polar surface area (TPSA) is 55.8 Å². The first-order valence-electron chi connectivity index (χ1n) is 8.71. The Morgan fingerprint density at radius 1 is 1.00 bits per heavy atom. The SMILES string of the molecule is CC.CC.O=C(CCCOC1CCCC1)OCCCCO. The molecule has 1 aliphatic rings. The molecule has 0 aromatic rings. The molecule has 0 bridgehead atoms. The van der Waals surface area contributed by atoms with E-state index in [2.05, 4.69) is 0 Å². The first-order valence-corrected chi connectivity index (χ1v) is 8.71. The van der Waals surface area contributed by atoms with Gasteiger partial charge in [0.25, 0.3) is 0 Å². The van der Waals surface area contributed by atoms with E-state index < -0.39 is 0 Å². The molecule has 0 spiro atoms. The van der Waals surface area contributed by atoms with Crippen molar-refractivity contribution in [1.29, 1.82) is 0 Å². The van der Waals surface area contributed by atoms with E-state index in [9.17, 15) is 4.79 Å². The first-order chi connectivity index (χ1) is 10.3. The minimum atomic E-state index is -0.155. The van der Waals surface area contributed by atoms with Crippen molar-refractivity contribution in [3.63, 3.8) is 0 Å². The fourth-order valence-corrected chi connectivity index (χ4v) is 1.99. The summed E-state index contributed by atoms with van der Waals surface area (Å²) in [5.41, 5.74) is 0. The highest BCUT2D eigenvalue weighted by Crippen LogP contribution is 2.20. The van der Waals surface area contributed by atoms with E-state index in [0.29, 0.717) is 32.2 Å². The van der Waals surface area contributed by atoms with Crippen molar-refractivity contribution in [2.45, 2.75) is 85.2 Å². The van der Waals surface area contributed by atoms with Gasteiger partial charge >= 0.3 is 5.97 Å². The molecule has 0 radical (unpaired) electrons. The van der Waals surface area contributed by atoms with Gasteiger partial charge in [-0.15, -0.1) is 0 Å². The second-order valence-corrected chi connectivity index (χ2v) is 4.53. The van der Waals surface area contributed by atoms with E-state index in [4.69, 9.17) is 14.6 Å². The zero-order valence-electron chi connectivity index (χ0n) is 14.5. The highest BCUT2D eigenvalue weighted by Gasteiger charge is 2.14. The van der Waals surface area contributed by atoms with Gasteiger partial charge in [-0.1, -0.05) is 40.5 Å². The maximum Gasteiger partial charge on any atom is 0.305 e. The fraction of sp³-hybridized carbons (Fsp3) is 0.941. The van der Waals surface area contributed by atoms with E-state index in [0.717, 1.165) is 12.8 Å². The number of ether oxygens (including phenoxy) is 2. The Morgan fingerprint density at radius 3 is 2.19 bits per heavy atom. The lowest BCUT2D eigenvalue weighted by atomic mass is 10.3. The highest BCUT2D eigenvalue weighted by molar-refractivity contribution is 5.69. The Balaban J connectivity index is 0. The summed E-state index contributed by atoms with van der Waals surface area (Å²) in [7, 11) is 0. The molecule has 1 saturated carbocycles. The summed E-state index contributed by atoms with van der Waals surface area (Å²) in [6.07, 6.45) is 7.93. The van der Waals surface area contributed by atoms with Crippen molar-refractivity contribution < 1.29 is 19.4 Å². The van der Waals surface area contributed by atoms with Crippen LogP contribution in [0, 0.1) is 0 Å². The molecule has 4 heteroatoms. The second-order valence-electron chi connectivity index (χ2n) is 4.53. The van der Waals surface area contributed by atoms with Gasteiger partial charge in [0.15, 0.2) is 0 Å². The van der Waals surface area contributed by atoms with Crippen molar-refractivity contribution in [2.75, 3.05) is 19.8 Å². The first kappa shape index (κ1) is 22.7. The number of unbranched alkanes of at least 4 members (excludes halogenated alkanes) is 1. The smallest absolute Gasteiger partial charge is 0.305 e. The van der Waals surface area contributed by atoms with Crippen LogP contribution in [-0.4, -0.2) is 37.0 Å². The third kappa shape index (κ3) is 15.6. The number of carbonyl (C=O) groups excluding carboxylic acids is 1. The fourth-order valence-electron chi connectivity index (χ4n) is 1.99. The molecule has 0 atom stereocenters. The van der Waals surface area contributed by atoms with Crippen LogP contribution in [0.3, 0.4) is 0 Å². The maximum atomic E-state index is 11.3. The van der Waals surface area contributed by atoms with Gasteiger partial charge < -0.3 is 14.6 Å². The van der Waals surface area contributed by atoms with E-state index in [1.54, 1.807) is 0 Å². The number of aliphatic hydroxyl groups excluding tert-OH is 1. The molecular formula is C17H36O4. The molecule has 1 rings (SSSR count). The predicted octanol–water partition coefficient (Wildman–Crippen LogP) is 4.09. The van der Waals surface area contributed by atoms with Gasteiger partial charge in [-0.3, -0.25) is 4.79 Å². The molecule has 21 heavy (non-hydrogen) atoms. The molecule has 1 aliphatic carbocycles. The van der Waals surface area contributed by atoms with Gasteiger partial charge in [-0.2, -0.15) is 0 Å². The van der Waals surface area contributed by atoms with Crippen LogP contribution in [-0.2, 0) is 14.3 Å². The molecular weight excluding hydrogens is 268 g/mol. The zero-order valence-corrected chi connectivity index (χ0v) is 14.5. The predicted molar refractivity (Wildman–Crippen MR) is 87.4 cm³/mol. The summed E-state index contributed by atoms with van der Waals surface area (Å²) in [6, 6.07) is 0. The summed E-state index contributed by atoms with van der Waals surface area (Å²) in [4.78, 5) is 11.3. The van der Waals surface area contributed by atoms with Gasteiger partial charge in [0.2, 0.25) is 0 Å². The standard InChI is InChI=1S/C13H24O4.2C2H6/c14-9-3-4-10-17-13(15)8-5-11-16-12-6-1-2-7-12;2*1-2/h12,14H,1-11H2;2*1-2H3. The highest BCUT2D eigenvalue weighted by atomic mass is 16.5. The van der Waals surface area contributed by atoms with Crippen molar-refractivity contribution in [2.24, 2.45) is 0 Å². The quantitative estimate of drug-likeness (QED) is 0.515. The Labute approximate surface area is 131 Å². The van der Waals surface area contributed by atoms with Crippen molar-refractivity contribution in [1.82, 2.24) is 0 Å². The van der Waals surface area contributed by atoms with Crippen LogP contribution >= 0.6 is 0 Å². The molecule has 0 saturated heterocycles. The van der Waals surface area contributed by atoms with Gasteiger partial charge in [-0.25, -0.2) is 0 Å². The molecule has 1 fully saturated rings. The van der Waals surface area contributed by atoms with E-state index in [1.165, 1.54) is 25.7 Å². The number of rotatable bonds is 9. The average molecular weight is 304 g/mol. The summed E-state index contributed by atoms with van der Waals surface area (Å²) < 4.78 is 10.7. The lowest BCUT2D eigenvalue weighted by molar-refractivity contribution is -0.144. The monoisotopic (exact) mass is 304 g/mol. The van der Waals surface area contributed by atoms with E-state index in [1.807, 2.05) is 27.7 Å². The van der Waals surface area contributed by atoms with Crippen molar-refractivity contribution in [3.05, 3.63) is 0 Å². The number of hydrogen-bond acceptors (Lipinski definition) is 4. The third-order valence-electron chi connectivity index (χ3n) is 3.00. The third-order valence-corrected chi connectivity index (χ3v) is 3.00. The molecule has 0 aromatic heterocycles. The van der Waals surface area contributed by atoms with Gasteiger partial charge in [-0.05, 0) is 32.1 Å². The normalized spacial score (nSPS) is 13.8. The molecule has 128 valence electrons. The second kappa shape index (κ2) is 19.4. The number of aliphatic hydroxyl groups is 1. The van der Waals surface area contributed by atoms with Crippen LogP contribution in [0.4, 0.5) is 0 Å². The summed E-state index contributed by atoms with van der Waals surface area (Å²) >= 11 is 0. The van der Waals surface area contributed by atoms with Gasteiger partial charge in [0, 0.05) is 19.6 Å². The number of esters is 1. The Morgan fingerprint density at radius 2 is 1.62 bits per heavy atom. The molecule has 4 nitrogen and oxygen atoms in total. The summed E-state index contributed by atoms with van der Waals surface area (Å²) in [6.45, 7) is 9.24. The summed E-state index contributed by atoms with van der Waals surface area (Å²) in [5.74, 6) is -0.155. The number of hydrogen-bond donors (Lipinski definition) is 1. The Bertz CT molecular complexity index is 201. The minimum absolute atomic E-state index is 0.155. The Hall–Kier alpha value is -0.610. The van der Waals surface area contributed by atoms with Crippen LogP contribution < -0.4 is 0 Å². The van der Waals surface area contributed by atoms with Crippen LogP contribution in [0.5, 0.6) is 0 Å².